The highest BCUT2D eigenvalue weighted by Crippen LogP contribution is 2.46. The number of allylic oxidation sites excluding steroid dienone is 2. The van der Waals surface area contributed by atoms with Gasteiger partial charge in [-0.15, -0.1) is 0 Å². The molecule has 304 valence electrons. The number of ether oxygens (including phenoxy) is 9. The van der Waals surface area contributed by atoms with Gasteiger partial charge in [-0.2, -0.15) is 0 Å². The Balaban J connectivity index is 0.000000298. The van der Waals surface area contributed by atoms with Gasteiger partial charge < -0.3 is 58.2 Å². The van der Waals surface area contributed by atoms with Gasteiger partial charge in [0.25, 0.3) is 6.47 Å². The van der Waals surface area contributed by atoms with Gasteiger partial charge >= 0.3 is 6.09 Å². The Kier molecular flexibility index (Phi) is 19.1. The van der Waals surface area contributed by atoms with Crippen LogP contribution in [0.1, 0.15) is 44.9 Å². The summed E-state index contributed by atoms with van der Waals surface area (Å²) in [7, 11) is 5.99. The van der Waals surface area contributed by atoms with Crippen LogP contribution in [-0.2, 0) is 30.2 Å². The zero-order valence-electron chi connectivity index (χ0n) is 30.7. The Morgan fingerprint density at radius 3 is 2.51 bits per heavy atom. The van der Waals surface area contributed by atoms with Crippen molar-refractivity contribution in [3.63, 3.8) is 0 Å². The molecule has 17 heteroatoms. The van der Waals surface area contributed by atoms with Crippen LogP contribution in [0.4, 0.5) is 4.79 Å². The summed E-state index contributed by atoms with van der Waals surface area (Å²) in [5.74, 6) is 2.78. The lowest BCUT2D eigenvalue weighted by atomic mass is 9.81. The van der Waals surface area contributed by atoms with Crippen LogP contribution in [-0.4, -0.2) is 101 Å². The van der Waals surface area contributed by atoms with E-state index < -0.39 is 37.0 Å². The fraction of sp³-hybridized carbons (Fsp3) is 0.500. The summed E-state index contributed by atoms with van der Waals surface area (Å²) in [5, 5.41) is 23.5. The van der Waals surface area contributed by atoms with E-state index in [9.17, 15) is 19.8 Å². The van der Waals surface area contributed by atoms with Crippen molar-refractivity contribution >= 4 is 40.9 Å². The normalized spacial score (nSPS) is 22.8. The maximum Gasteiger partial charge on any atom is 0.412 e. The molecule has 7 unspecified atom stereocenters. The molecule has 1 aliphatic carbocycles. The van der Waals surface area contributed by atoms with Crippen molar-refractivity contribution in [3.8, 4) is 28.7 Å². The van der Waals surface area contributed by atoms with Crippen LogP contribution in [0.15, 0.2) is 59.1 Å². The lowest BCUT2D eigenvalue weighted by Crippen LogP contribution is -2.34. The maximum absolute atomic E-state index is 11.9. The van der Waals surface area contributed by atoms with Gasteiger partial charge in [0, 0.05) is 24.1 Å². The highest BCUT2D eigenvalue weighted by atomic mass is 33.1. The van der Waals surface area contributed by atoms with Gasteiger partial charge in [-0.3, -0.25) is 9.79 Å². The number of benzene rings is 2. The quantitative estimate of drug-likeness (QED) is 0.0409. The summed E-state index contributed by atoms with van der Waals surface area (Å²) in [6, 6.07) is 8.98. The van der Waals surface area contributed by atoms with E-state index in [1.54, 1.807) is 30.4 Å². The number of amides is 1. The molecule has 15 nitrogen and oxygen atoms in total. The van der Waals surface area contributed by atoms with E-state index in [1.807, 2.05) is 19.1 Å². The molecule has 0 radical (unpaired) electrons. The Hall–Kier alpha value is -3.97. The van der Waals surface area contributed by atoms with E-state index in [4.69, 9.17) is 42.6 Å². The minimum atomic E-state index is -0.919. The third-order valence-electron chi connectivity index (χ3n) is 8.62. The van der Waals surface area contributed by atoms with Gasteiger partial charge in [0.15, 0.2) is 35.6 Å². The first-order valence-electron chi connectivity index (χ1n) is 17.2. The second-order valence-corrected chi connectivity index (χ2v) is 14.6. The molecule has 55 heavy (non-hydrogen) atoms. The van der Waals surface area contributed by atoms with E-state index in [2.05, 4.69) is 23.6 Å². The molecule has 5 rings (SSSR count). The minimum Gasteiger partial charge on any atom is -0.493 e. The Morgan fingerprint density at radius 1 is 1.16 bits per heavy atom. The van der Waals surface area contributed by atoms with Crippen LogP contribution < -0.4 is 29.0 Å². The number of para-hydroxylation sites is 1. The van der Waals surface area contributed by atoms with Gasteiger partial charge in [-0.25, -0.2) is 4.79 Å². The molecule has 0 aromatic heterocycles. The highest BCUT2D eigenvalue weighted by molar-refractivity contribution is 8.78. The Morgan fingerprint density at radius 2 is 1.87 bits per heavy atom. The number of aryl methyl sites for hydroxylation is 1. The van der Waals surface area contributed by atoms with Crippen molar-refractivity contribution in [2.75, 3.05) is 46.5 Å². The van der Waals surface area contributed by atoms with Crippen molar-refractivity contribution in [1.29, 1.82) is 0 Å². The largest absolute Gasteiger partial charge is 0.493 e. The van der Waals surface area contributed by atoms with Crippen molar-refractivity contribution in [1.82, 2.24) is 5.32 Å². The molecular formula is C38H52N2O13S2. The van der Waals surface area contributed by atoms with E-state index in [-0.39, 0.29) is 45.0 Å². The van der Waals surface area contributed by atoms with Crippen LogP contribution in [0.3, 0.4) is 0 Å². The number of fused-ring (bicyclic) bond motifs is 2. The predicted octanol–water partition coefficient (Wildman–Crippen LogP) is 5.82. The highest BCUT2D eigenvalue weighted by Gasteiger charge is 2.45. The van der Waals surface area contributed by atoms with Crippen LogP contribution in [0.25, 0.3) is 0 Å². The van der Waals surface area contributed by atoms with Gasteiger partial charge in [0.05, 0.1) is 39.6 Å². The van der Waals surface area contributed by atoms with Gasteiger partial charge in [-0.05, 0) is 78.7 Å². The van der Waals surface area contributed by atoms with E-state index in [0.717, 1.165) is 29.0 Å². The molecule has 3 aliphatic rings. The number of nitrogens with zero attached hydrogens (tertiary/aromatic N) is 1. The van der Waals surface area contributed by atoms with Gasteiger partial charge in [0.1, 0.15) is 11.1 Å². The summed E-state index contributed by atoms with van der Waals surface area (Å²) in [4.78, 5) is 26.5. The fourth-order valence-corrected chi connectivity index (χ4v) is 7.60. The average molecular weight is 809 g/mol. The first-order chi connectivity index (χ1) is 26.1. The third-order valence-corrected chi connectivity index (χ3v) is 10.9. The molecule has 7 atom stereocenters. The van der Waals surface area contributed by atoms with E-state index >= 15 is 0 Å². The first-order valence-corrected chi connectivity index (χ1v) is 19.5. The summed E-state index contributed by atoms with van der Waals surface area (Å²) in [5.41, 5.74) is 1.98. The number of carbonyl (C=O) groups excluding carboxylic acids is 2. The first kappa shape index (κ1) is 45.4. The maximum atomic E-state index is 11.9. The standard InChI is InChI=1S/C21H28O9.C16H20N2O4S2.CH4/c1-11-18(8-26-12(2)23)29-21(19(11)24)30-20-14(7-25-9-22)4-3-13-5-16-17(6-15(13)20)28-10-27-16;1-5-7-14(17-2)24-23-11-10-18-16(19)22-15-12(20-3)8-6-9-13(15)21-4;/h5-6,9,11-12,14,18-21,23-24H,3-4,7-8,10H2,1-2H3;5-9H,1-2,10-11H2,3-4H3,(H,18,19);1H4/b;14-7+;. The zero-order valence-corrected chi connectivity index (χ0v) is 32.3. The monoisotopic (exact) mass is 808 g/mol. The fourth-order valence-electron chi connectivity index (χ4n) is 5.82. The van der Waals surface area contributed by atoms with Crippen molar-refractivity contribution < 1.29 is 62.4 Å². The molecule has 2 aliphatic heterocycles. The third kappa shape index (κ3) is 12.8. The number of methoxy groups -OCH3 is 2. The number of hydrogen-bond donors (Lipinski definition) is 3. The smallest absolute Gasteiger partial charge is 0.412 e. The minimum absolute atomic E-state index is 0. The molecule has 1 fully saturated rings. The number of nitrogens with one attached hydrogen (secondary N) is 1. The second kappa shape index (κ2) is 23.2. The summed E-state index contributed by atoms with van der Waals surface area (Å²) < 4.78 is 49.1. The molecule has 2 aromatic carbocycles. The number of carbonyl (C=O) groups is 2. The molecule has 2 aromatic rings. The number of aliphatic hydroxyl groups is 2. The second-order valence-electron chi connectivity index (χ2n) is 12.1. The molecule has 1 amide bonds. The van der Waals surface area contributed by atoms with Crippen LogP contribution in [0.5, 0.6) is 28.7 Å². The van der Waals surface area contributed by atoms with Gasteiger partial charge in [-0.1, -0.05) is 43.9 Å². The number of rotatable bonds is 18. The molecular weight excluding hydrogens is 757 g/mol. The van der Waals surface area contributed by atoms with Crippen LogP contribution in [0, 0.1) is 11.8 Å². The van der Waals surface area contributed by atoms with Crippen molar-refractivity contribution in [2.45, 2.75) is 65.0 Å². The number of hydrogen-bond acceptors (Lipinski definition) is 16. The van der Waals surface area contributed by atoms with Crippen molar-refractivity contribution in [2.24, 2.45) is 16.8 Å². The molecule has 0 bridgehead atoms. The molecule has 3 N–H and O–H groups in total. The SMILES string of the molecule is C.C=C/C=C(\N=C)SSCCNC(=O)Oc1c(OC)cccc1OC.CC(O)OCC1OC(OC2c3cc4c(cc3CCC2COC=O)OCO4)C(O)C1C. The Labute approximate surface area is 330 Å². The van der Waals surface area contributed by atoms with Gasteiger partial charge in [0.2, 0.25) is 12.5 Å². The number of aliphatic imine (C=N–C) groups is 1. The predicted molar refractivity (Wildman–Crippen MR) is 210 cm³/mol. The van der Waals surface area contributed by atoms with E-state index in [0.29, 0.717) is 41.8 Å². The Bertz CT molecular complexity index is 1570. The van der Waals surface area contributed by atoms with Crippen LogP contribution in [0.2, 0.25) is 0 Å². The molecule has 1 saturated heterocycles. The number of aliphatic hydroxyl groups excluding tert-OH is 2. The van der Waals surface area contributed by atoms with Crippen LogP contribution >= 0.6 is 21.6 Å². The lowest BCUT2D eigenvalue weighted by molar-refractivity contribution is -0.217. The summed E-state index contributed by atoms with van der Waals surface area (Å²) in [6.07, 6.45) is 0.850. The molecule has 0 saturated carbocycles. The zero-order chi connectivity index (χ0) is 39.0. The average Bonchev–Trinajstić information content (AvgIpc) is 3.74. The summed E-state index contributed by atoms with van der Waals surface area (Å²) in [6.45, 7) is 11.8. The lowest BCUT2D eigenvalue weighted by Gasteiger charge is -2.35. The van der Waals surface area contributed by atoms with E-state index in [1.165, 1.54) is 42.7 Å². The molecule has 2 heterocycles. The summed E-state index contributed by atoms with van der Waals surface area (Å²) >= 11 is 0. The molecule has 0 spiro atoms. The van der Waals surface area contributed by atoms with Crippen molar-refractivity contribution in [3.05, 3.63) is 65.2 Å². The topological polar surface area (TPSA) is 182 Å².